The Labute approximate surface area is 228 Å². The number of carbonyl (C=O) groups is 3. The molecule has 1 saturated heterocycles. The van der Waals surface area contributed by atoms with E-state index in [2.05, 4.69) is 5.32 Å². The highest BCUT2D eigenvalue weighted by molar-refractivity contribution is 6.02. The zero-order valence-electron chi connectivity index (χ0n) is 22.2. The third-order valence-electron chi connectivity index (χ3n) is 7.97. The number of aliphatic hydroxyl groups is 1. The van der Waals surface area contributed by atoms with Crippen molar-refractivity contribution in [2.45, 2.75) is 32.4 Å². The number of likely N-dealkylation sites (tertiary alicyclic amines) is 1. The topological polar surface area (TPSA) is 95.9 Å². The van der Waals surface area contributed by atoms with Gasteiger partial charge in [-0.3, -0.25) is 14.4 Å². The van der Waals surface area contributed by atoms with Crippen LogP contribution in [0.1, 0.15) is 19.4 Å². The van der Waals surface area contributed by atoms with Crippen molar-refractivity contribution >= 4 is 34.2 Å². The highest BCUT2D eigenvalue weighted by atomic mass is 16.5. The summed E-state index contributed by atoms with van der Waals surface area (Å²) in [7, 11) is 0. The van der Waals surface area contributed by atoms with Crippen LogP contribution in [0.15, 0.2) is 84.9 Å². The summed E-state index contributed by atoms with van der Waals surface area (Å²) in [5.74, 6) is -3.29. The van der Waals surface area contributed by atoms with Crippen molar-refractivity contribution in [1.29, 1.82) is 0 Å². The molecule has 2 aliphatic rings. The molecule has 0 saturated carbocycles. The number of anilines is 1. The lowest BCUT2D eigenvalue weighted by molar-refractivity contribution is -0.155. The monoisotopic (exact) mass is 526 g/mol. The average molecular weight is 527 g/mol. The zero-order chi connectivity index (χ0) is 27.5. The number of hydrogen-bond donors (Lipinski definition) is 2. The van der Waals surface area contributed by atoms with Crippen LogP contribution in [0.5, 0.6) is 0 Å². The van der Waals surface area contributed by atoms with Crippen LogP contribution in [0, 0.1) is 23.7 Å². The molecule has 202 valence electrons. The largest absolute Gasteiger partial charge is 0.466 e. The van der Waals surface area contributed by atoms with Crippen LogP contribution in [-0.4, -0.2) is 53.1 Å². The molecule has 6 atom stereocenters. The van der Waals surface area contributed by atoms with Gasteiger partial charge >= 0.3 is 5.97 Å². The number of hydrogen-bond acceptors (Lipinski definition) is 5. The first-order valence-corrected chi connectivity index (χ1v) is 13.5. The maximum atomic E-state index is 14.1. The summed E-state index contributed by atoms with van der Waals surface area (Å²) in [6.45, 7) is 3.52. The van der Waals surface area contributed by atoms with Gasteiger partial charge in [-0.25, -0.2) is 0 Å². The van der Waals surface area contributed by atoms with E-state index in [9.17, 15) is 19.5 Å². The number of carbonyl (C=O) groups excluding carboxylic acids is 3. The Balaban J connectivity index is 1.52. The Bertz CT molecular complexity index is 1390. The van der Waals surface area contributed by atoms with Crippen molar-refractivity contribution in [3.8, 4) is 0 Å². The van der Waals surface area contributed by atoms with Gasteiger partial charge in [-0.15, -0.1) is 0 Å². The third-order valence-corrected chi connectivity index (χ3v) is 7.97. The van der Waals surface area contributed by atoms with Crippen LogP contribution in [0.4, 0.5) is 5.69 Å². The second kappa shape index (κ2) is 11.4. The van der Waals surface area contributed by atoms with Gasteiger partial charge < -0.3 is 20.1 Å². The molecule has 7 heteroatoms. The first-order valence-electron chi connectivity index (χ1n) is 13.5. The zero-order valence-corrected chi connectivity index (χ0v) is 22.2. The standard InChI is InChI=1S/C32H34N2O5/c1-3-39-32(38)27-20(2)13-16-26-28(27)31(37)34(25(19-35)17-21-9-5-4-6-10-21)29(26)30(36)33-24-15-14-22-11-7-8-12-23(22)18-24/h4-16,18,20,25-29,35H,3,17,19H2,1-2H3,(H,33,36)/t20-,25-,26+,27-,28+,29+/m1/s1. The number of amides is 2. The van der Waals surface area contributed by atoms with Gasteiger partial charge in [0.15, 0.2) is 0 Å². The molecule has 3 aromatic carbocycles. The molecule has 1 aliphatic carbocycles. The molecular formula is C32H34N2O5. The van der Waals surface area contributed by atoms with Crippen LogP contribution < -0.4 is 5.32 Å². The van der Waals surface area contributed by atoms with E-state index in [0.29, 0.717) is 12.1 Å². The van der Waals surface area contributed by atoms with Gasteiger partial charge in [-0.05, 0) is 47.7 Å². The molecule has 1 aliphatic heterocycles. The Morgan fingerprint density at radius 2 is 1.72 bits per heavy atom. The van der Waals surface area contributed by atoms with Crippen molar-refractivity contribution in [3.63, 3.8) is 0 Å². The predicted octanol–water partition coefficient (Wildman–Crippen LogP) is 4.21. The van der Waals surface area contributed by atoms with E-state index in [1.165, 1.54) is 4.90 Å². The summed E-state index contributed by atoms with van der Waals surface area (Å²) >= 11 is 0. The fraction of sp³-hybridized carbons (Fsp3) is 0.344. The van der Waals surface area contributed by atoms with Crippen LogP contribution in [0.2, 0.25) is 0 Å². The Hall–Kier alpha value is -3.97. The van der Waals surface area contributed by atoms with Crippen LogP contribution >= 0.6 is 0 Å². The Morgan fingerprint density at radius 3 is 2.44 bits per heavy atom. The molecule has 7 nitrogen and oxygen atoms in total. The lowest BCUT2D eigenvalue weighted by Gasteiger charge is -2.33. The van der Waals surface area contributed by atoms with Crippen LogP contribution in [0.3, 0.4) is 0 Å². The number of benzene rings is 3. The molecule has 39 heavy (non-hydrogen) atoms. The minimum Gasteiger partial charge on any atom is -0.466 e. The summed E-state index contributed by atoms with van der Waals surface area (Å²) in [5, 5.41) is 15.5. The molecule has 5 rings (SSSR count). The van der Waals surface area contributed by atoms with Gasteiger partial charge in [0.1, 0.15) is 6.04 Å². The predicted molar refractivity (Wildman–Crippen MR) is 150 cm³/mol. The molecule has 0 unspecified atom stereocenters. The van der Waals surface area contributed by atoms with Gasteiger partial charge in [0.2, 0.25) is 11.8 Å². The van der Waals surface area contributed by atoms with Crippen molar-refractivity contribution in [1.82, 2.24) is 4.90 Å². The van der Waals surface area contributed by atoms with Crippen molar-refractivity contribution in [2.75, 3.05) is 18.5 Å². The van der Waals surface area contributed by atoms with Crippen molar-refractivity contribution in [3.05, 3.63) is 90.5 Å². The van der Waals surface area contributed by atoms with Crippen LogP contribution in [0.25, 0.3) is 10.8 Å². The second-order valence-corrected chi connectivity index (χ2v) is 10.4. The lowest BCUT2D eigenvalue weighted by atomic mass is 9.70. The molecule has 2 N–H and O–H groups in total. The number of allylic oxidation sites excluding steroid dienone is 1. The first kappa shape index (κ1) is 26.6. The van der Waals surface area contributed by atoms with Gasteiger partial charge in [-0.1, -0.05) is 79.7 Å². The maximum absolute atomic E-state index is 14.1. The number of nitrogens with zero attached hydrogens (tertiary/aromatic N) is 1. The van der Waals surface area contributed by atoms with Gasteiger partial charge in [0.05, 0.1) is 31.1 Å². The van der Waals surface area contributed by atoms with E-state index in [0.717, 1.165) is 16.3 Å². The molecule has 0 radical (unpaired) electrons. The van der Waals surface area contributed by atoms with Crippen molar-refractivity contribution in [2.24, 2.45) is 23.7 Å². The maximum Gasteiger partial charge on any atom is 0.310 e. The number of nitrogens with one attached hydrogen (secondary N) is 1. The van der Waals surface area contributed by atoms with E-state index in [1.54, 1.807) is 6.92 Å². The van der Waals surface area contributed by atoms with Crippen molar-refractivity contribution < 1.29 is 24.2 Å². The molecule has 3 aromatic rings. The van der Waals surface area contributed by atoms with E-state index in [-0.39, 0.29) is 30.9 Å². The minimum absolute atomic E-state index is 0.209. The number of ether oxygens (including phenoxy) is 1. The molecular weight excluding hydrogens is 492 g/mol. The Morgan fingerprint density at radius 1 is 1.00 bits per heavy atom. The molecule has 0 bridgehead atoms. The van der Waals surface area contributed by atoms with E-state index in [1.807, 2.05) is 91.9 Å². The summed E-state index contributed by atoms with van der Waals surface area (Å²) in [4.78, 5) is 42.7. The number of esters is 1. The second-order valence-electron chi connectivity index (χ2n) is 10.4. The summed E-state index contributed by atoms with van der Waals surface area (Å²) in [6.07, 6.45) is 4.18. The van der Waals surface area contributed by atoms with E-state index < -0.39 is 35.8 Å². The quantitative estimate of drug-likeness (QED) is 0.339. The SMILES string of the molecule is CCOC(=O)[C@H]1[C@H]2C(=O)N([C@@H](CO)Cc3ccccc3)[C@H](C(=O)Nc3ccc4ccccc4c3)[C@H]2C=C[C@H]1C. The molecule has 1 heterocycles. The third kappa shape index (κ3) is 5.19. The lowest BCUT2D eigenvalue weighted by Crippen LogP contribution is -2.51. The van der Waals surface area contributed by atoms with Gasteiger partial charge in [0, 0.05) is 11.6 Å². The molecule has 1 fully saturated rings. The van der Waals surface area contributed by atoms with Crippen LogP contribution in [-0.2, 0) is 25.5 Å². The minimum atomic E-state index is -0.893. The smallest absolute Gasteiger partial charge is 0.310 e. The first-order chi connectivity index (χ1) is 18.9. The number of rotatable bonds is 8. The fourth-order valence-corrected chi connectivity index (χ4v) is 6.15. The number of fused-ring (bicyclic) bond motifs is 2. The normalized spacial score (nSPS) is 24.8. The van der Waals surface area contributed by atoms with Gasteiger partial charge in [-0.2, -0.15) is 0 Å². The van der Waals surface area contributed by atoms with Gasteiger partial charge in [0.25, 0.3) is 0 Å². The summed E-state index contributed by atoms with van der Waals surface area (Å²) < 4.78 is 5.36. The average Bonchev–Trinajstić information content (AvgIpc) is 3.24. The fourth-order valence-electron chi connectivity index (χ4n) is 6.15. The highest BCUT2D eigenvalue weighted by Gasteiger charge is 2.58. The Kier molecular flexibility index (Phi) is 7.79. The van der Waals surface area contributed by atoms with E-state index >= 15 is 0 Å². The molecule has 2 amide bonds. The summed E-state index contributed by atoms with van der Waals surface area (Å²) in [5.41, 5.74) is 1.56. The summed E-state index contributed by atoms with van der Waals surface area (Å²) in [6, 6.07) is 21.6. The molecule has 0 spiro atoms. The molecule has 0 aromatic heterocycles. The highest BCUT2D eigenvalue weighted by Crippen LogP contribution is 2.45. The van der Waals surface area contributed by atoms with E-state index in [4.69, 9.17) is 4.74 Å². The number of aliphatic hydroxyl groups excluding tert-OH is 1.